The van der Waals surface area contributed by atoms with Crippen LogP contribution in [0.3, 0.4) is 0 Å². The molecule has 3 atom stereocenters. The van der Waals surface area contributed by atoms with Gasteiger partial charge in [0.2, 0.25) is 5.91 Å². The molecule has 0 bridgehead atoms. The number of amides is 1. The van der Waals surface area contributed by atoms with E-state index in [9.17, 15) is 4.79 Å². The predicted octanol–water partition coefficient (Wildman–Crippen LogP) is 4.65. The Bertz CT molecular complexity index is 410. The first kappa shape index (κ1) is 16.6. The molecule has 2 aliphatic carbocycles. The third-order valence-corrected chi connectivity index (χ3v) is 5.01. The summed E-state index contributed by atoms with van der Waals surface area (Å²) in [6.07, 6.45) is 9.84. The minimum Gasteiger partial charge on any atom is -0.337 e. The molecule has 0 radical (unpaired) electrons. The fourth-order valence-electron chi connectivity index (χ4n) is 3.56. The molecule has 0 heterocycles. The lowest BCUT2D eigenvalue weighted by Gasteiger charge is -2.40. The highest BCUT2D eigenvalue weighted by Gasteiger charge is 2.46. The molecule has 0 saturated heterocycles. The van der Waals surface area contributed by atoms with E-state index in [0.29, 0.717) is 5.91 Å². The maximum atomic E-state index is 12.8. The molecule has 1 amide bonds. The number of hydrogen-bond donors (Lipinski definition) is 0. The van der Waals surface area contributed by atoms with Gasteiger partial charge in [0.25, 0.3) is 0 Å². The Balaban J connectivity index is 1.98. The molecular weight excluding hydrogens is 258 g/mol. The number of carbonyl (C=O) groups excluding carboxylic acids is 1. The zero-order valence-electron chi connectivity index (χ0n) is 14.8. The molecule has 0 aromatic rings. The number of allylic oxidation sites excluding steroid dienone is 2. The van der Waals surface area contributed by atoms with Crippen LogP contribution in [0.4, 0.5) is 0 Å². The van der Waals surface area contributed by atoms with Crippen molar-refractivity contribution in [3.63, 3.8) is 0 Å². The van der Waals surface area contributed by atoms with E-state index in [-0.39, 0.29) is 11.0 Å². The number of nitrogens with zero attached hydrogens (tertiary/aromatic N) is 1. The molecule has 1 saturated carbocycles. The summed E-state index contributed by atoms with van der Waals surface area (Å²) in [5.74, 6) is 2.75. The quantitative estimate of drug-likeness (QED) is 0.693. The molecule has 2 heteroatoms. The summed E-state index contributed by atoms with van der Waals surface area (Å²) in [5, 5.41) is 0. The summed E-state index contributed by atoms with van der Waals surface area (Å²) >= 11 is 0. The molecular formula is C19H33NO. The lowest BCUT2D eigenvalue weighted by atomic mass is 9.88. The fourth-order valence-corrected chi connectivity index (χ4v) is 3.56. The van der Waals surface area contributed by atoms with Crippen LogP contribution in [0.2, 0.25) is 0 Å². The minimum atomic E-state index is -0.286. The monoisotopic (exact) mass is 291 g/mol. The Morgan fingerprint density at radius 2 is 1.81 bits per heavy atom. The minimum absolute atomic E-state index is 0.0794. The van der Waals surface area contributed by atoms with Gasteiger partial charge < -0.3 is 4.90 Å². The maximum Gasteiger partial charge on any atom is 0.228 e. The fraction of sp³-hybridized carbons (Fsp3) is 0.842. The van der Waals surface area contributed by atoms with Crippen LogP contribution in [-0.2, 0) is 4.79 Å². The van der Waals surface area contributed by atoms with Gasteiger partial charge in [0.1, 0.15) is 0 Å². The standard InChI is InChI=1S/C19H33NO/c1-18(2,3)17(21)20(19(4,5)6)13-15-12-16(15)14-10-8-7-9-11-14/h7-8,14-16H,9-13H2,1-6H3. The second-order valence-corrected chi connectivity index (χ2v) is 9.04. The highest BCUT2D eigenvalue weighted by molar-refractivity contribution is 5.82. The van der Waals surface area contributed by atoms with Crippen molar-refractivity contribution in [2.75, 3.05) is 6.54 Å². The highest BCUT2D eigenvalue weighted by Crippen LogP contribution is 2.49. The first-order chi connectivity index (χ1) is 9.60. The van der Waals surface area contributed by atoms with Crippen LogP contribution in [-0.4, -0.2) is 22.9 Å². The van der Waals surface area contributed by atoms with Crippen LogP contribution in [0, 0.1) is 23.2 Å². The van der Waals surface area contributed by atoms with E-state index >= 15 is 0 Å². The van der Waals surface area contributed by atoms with Crippen LogP contribution >= 0.6 is 0 Å². The van der Waals surface area contributed by atoms with Gasteiger partial charge in [-0.25, -0.2) is 0 Å². The van der Waals surface area contributed by atoms with Crippen LogP contribution in [0.1, 0.15) is 67.2 Å². The Kier molecular flexibility index (Phi) is 4.56. The van der Waals surface area contributed by atoms with Gasteiger partial charge in [-0.2, -0.15) is 0 Å². The summed E-state index contributed by atoms with van der Waals surface area (Å²) < 4.78 is 0. The third kappa shape index (κ3) is 4.11. The van der Waals surface area contributed by atoms with Gasteiger partial charge >= 0.3 is 0 Å². The maximum absolute atomic E-state index is 12.8. The molecule has 2 rings (SSSR count). The number of rotatable bonds is 3. The van der Waals surface area contributed by atoms with Crippen LogP contribution in [0.25, 0.3) is 0 Å². The molecule has 2 aliphatic rings. The molecule has 0 aromatic heterocycles. The number of hydrogen-bond acceptors (Lipinski definition) is 1. The third-order valence-electron chi connectivity index (χ3n) is 5.01. The van der Waals surface area contributed by atoms with E-state index in [1.807, 2.05) is 20.8 Å². The molecule has 120 valence electrons. The van der Waals surface area contributed by atoms with Gasteiger partial charge in [0.15, 0.2) is 0 Å². The Morgan fingerprint density at radius 1 is 1.14 bits per heavy atom. The summed E-state index contributed by atoms with van der Waals surface area (Å²) in [7, 11) is 0. The Morgan fingerprint density at radius 3 is 2.29 bits per heavy atom. The molecule has 0 N–H and O–H groups in total. The highest BCUT2D eigenvalue weighted by atomic mass is 16.2. The molecule has 0 aromatic carbocycles. The van der Waals surface area contributed by atoms with Gasteiger partial charge in [-0.3, -0.25) is 4.79 Å². The van der Waals surface area contributed by atoms with E-state index in [0.717, 1.165) is 24.3 Å². The average Bonchev–Trinajstić information content (AvgIpc) is 3.13. The summed E-state index contributed by atoms with van der Waals surface area (Å²) in [4.78, 5) is 14.9. The van der Waals surface area contributed by atoms with E-state index in [1.165, 1.54) is 25.7 Å². The summed E-state index contributed by atoms with van der Waals surface area (Å²) in [5.41, 5.74) is -0.366. The van der Waals surface area contributed by atoms with Crippen LogP contribution < -0.4 is 0 Å². The van der Waals surface area contributed by atoms with Gasteiger partial charge in [-0.1, -0.05) is 32.9 Å². The topological polar surface area (TPSA) is 20.3 Å². The smallest absolute Gasteiger partial charge is 0.228 e. The summed E-state index contributed by atoms with van der Waals surface area (Å²) in [6, 6.07) is 0. The molecule has 0 aliphatic heterocycles. The SMILES string of the molecule is CC(C)(C)C(=O)N(CC1CC1C1CC=CCC1)C(C)(C)C. The second-order valence-electron chi connectivity index (χ2n) is 9.04. The van der Waals surface area contributed by atoms with E-state index in [4.69, 9.17) is 0 Å². The Labute approximate surface area is 131 Å². The number of carbonyl (C=O) groups is 1. The van der Waals surface area contributed by atoms with Crippen LogP contribution in [0.5, 0.6) is 0 Å². The second kappa shape index (κ2) is 5.78. The van der Waals surface area contributed by atoms with E-state index in [1.54, 1.807) is 0 Å². The predicted molar refractivity (Wildman–Crippen MR) is 89.0 cm³/mol. The van der Waals surface area contributed by atoms with E-state index in [2.05, 4.69) is 37.8 Å². The average molecular weight is 291 g/mol. The van der Waals surface area contributed by atoms with Crippen molar-refractivity contribution in [1.29, 1.82) is 0 Å². The normalized spacial score (nSPS) is 29.3. The lowest BCUT2D eigenvalue weighted by Crippen LogP contribution is -2.51. The molecule has 0 spiro atoms. The molecule has 21 heavy (non-hydrogen) atoms. The van der Waals surface area contributed by atoms with Crippen molar-refractivity contribution in [3.8, 4) is 0 Å². The first-order valence-electron chi connectivity index (χ1n) is 8.58. The zero-order valence-corrected chi connectivity index (χ0v) is 14.8. The van der Waals surface area contributed by atoms with Crippen molar-refractivity contribution in [2.24, 2.45) is 23.2 Å². The van der Waals surface area contributed by atoms with Gasteiger partial charge in [0, 0.05) is 17.5 Å². The van der Waals surface area contributed by atoms with Crippen molar-refractivity contribution < 1.29 is 4.79 Å². The molecule has 1 fully saturated rings. The van der Waals surface area contributed by atoms with Gasteiger partial charge in [0.05, 0.1) is 0 Å². The van der Waals surface area contributed by atoms with E-state index < -0.39 is 0 Å². The molecule has 2 nitrogen and oxygen atoms in total. The largest absolute Gasteiger partial charge is 0.337 e. The summed E-state index contributed by atoms with van der Waals surface area (Å²) in [6.45, 7) is 13.5. The lowest BCUT2D eigenvalue weighted by molar-refractivity contribution is -0.144. The Hall–Kier alpha value is -0.790. The van der Waals surface area contributed by atoms with Gasteiger partial charge in [-0.05, 0) is 64.2 Å². The van der Waals surface area contributed by atoms with Crippen LogP contribution in [0.15, 0.2) is 12.2 Å². The van der Waals surface area contributed by atoms with Crippen molar-refractivity contribution in [3.05, 3.63) is 12.2 Å². The zero-order chi connectivity index (χ0) is 15.8. The first-order valence-corrected chi connectivity index (χ1v) is 8.58. The van der Waals surface area contributed by atoms with Crippen molar-refractivity contribution >= 4 is 5.91 Å². The van der Waals surface area contributed by atoms with Gasteiger partial charge in [-0.15, -0.1) is 0 Å². The van der Waals surface area contributed by atoms with Crippen molar-refractivity contribution in [2.45, 2.75) is 72.8 Å². The molecule has 3 unspecified atom stereocenters. The van der Waals surface area contributed by atoms with Crippen molar-refractivity contribution in [1.82, 2.24) is 4.90 Å².